The molecule has 0 aliphatic heterocycles. The number of carbonyl (C=O) groups excluding carboxylic acids is 1. The number of aromatic nitrogens is 1. The molecule has 30 heavy (non-hydrogen) atoms. The number of nitrogens with one attached hydrogen (secondary N) is 1. The Morgan fingerprint density at radius 1 is 1.17 bits per heavy atom. The van der Waals surface area contributed by atoms with Crippen molar-refractivity contribution in [2.45, 2.75) is 46.2 Å². The molecule has 1 heterocycles. The molecule has 1 amide bonds. The van der Waals surface area contributed by atoms with Crippen molar-refractivity contribution in [3.63, 3.8) is 0 Å². The van der Waals surface area contributed by atoms with Gasteiger partial charge in [0.2, 0.25) is 5.91 Å². The van der Waals surface area contributed by atoms with Gasteiger partial charge < -0.3 is 14.8 Å². The van der Waals surface area contributed by atoms with E-state index in [0.717, 1.165) is 18.5 Å². The molecule has 1 aromatic heterocycles. The van der Waals surface area contributed by atoms with Crippen LogP contribution in [0.1, 0.15) is 39.7 Å². The molecule has 0 unspecified atom stereocenters. The van der Waals surface area contributed by atoms with Crippen LogP contribution in [0.25, 0.3) is 6.08 Å². The van der Waals surface area contributed by atoms with Crippen LogP contribution in [-0.4, -0.2) is 48.1 Å². The molecule has 2 aromatic rings. The first-order valence-electron chi connectivity index (χ1n) is 10.4. The highest BCUT2D eigenvalue weighted by Crippen LogP contribution is 2.30. The Morgan fingerprint density at radius 3 is 2.57 bits per heavy atom. The number of benzene rings is 1. The zero-order valence-electron chi connectivity index (χ0n) is 18.6. The van der Waals surface area contributed by atoms with Gasteiger partial charge in [-0.1, -0.05) is 6.07 Å². The number of carbonyl (C=O) groups is 1. The topological polar surface area (TPSA) is 63.7 Å². The SMILES string of the molecule is COc1ccc(NC(=O)C=Cc2cccnc2)cc1OCCCN(C(C)C)C(C)C. The summed E-state index contributed by atoms with van der Waals surface area (Å²) < 4.78 is 11.4. The predicted molar refractivity (Wildman–Crippen MR) is 122 cm³/mol. The Kier molecular flexibility index (Phi) is 9.35. The Bertz CT molecular complexity index is 812. The molecule has 0 saturated carbocycles. The fourth-order valence-corrected chi connectivity index (χ4v) is 3.24. The van der Waals surface area contributed by atoms with Crippen molar-refractivity contribution in [3.8, 4) is 11.5 Å². The summed E-state index contributed by atoms with van der Waals surface area (Å²) >= 11 is 0. The van der Waals surface area contributed by atoms with Crippen LogP contribution >= 0.6 is 0 Å². The summed E-state index contributed by atoms with van der Waals surface area (Å²) in [6, 6.07) is 10.1. The fraction of sp³-hybridized carbons (Fsp3) is 0.417. The molecule has 0 bridgehead atoms. The number of nitrogens with zero attached hydrogens (tertiary/aromatic N) is 2. The smallest absolute Gasteiger partial charge is 0.248 e. The van der Waals surface area contributed by atoms with Gasteiger partial charge in [-0.15, -0.1) is 0 Å². The minimum absolute atomic E-state index is 0.223. The largest absolute Gasteiger partial charge is 0.493 e. The lowest BCUT2D eigenvalue weighted by atomic mass is 10.2. The van der Waals surface area contributed by atoms with E-state index >= 15 is 0 Å². The second-order valence-corrected chi connectivity index (χ2v) is 7.60. The normalized spacial score (nSPS) is 11.5. The molecular formula is C24H33N3O3. The quantitative estimate of drug-likeness (QED) is 0.431. The first-order chi connectivity index (χ1) is 14.4. The summed E-state index contributed by atoms with van der Waals surface area (Å²) in [5.41, 5.74) is 1.51. The standard InChI is InChI=1S/C24H33N3O3/c1-18(2)27(19(3)4)14-7-15-30-23-16-21(10-11-22(23)29-5)26-24(28)12-9-20-8-6-13-25-17-20/h6,8-13,16-19H,7,14-15H2,1-5H3,(H,26,28). The number of hydrogen-bond donors (Lipinski definition) is 1. The summed E-state index contributed by atoms with van der Waals surface area (Å²) in [4.78, 5) is 18.7. The zero-order valence-corrected chi connectivity index (χ0v) is 18.6. The van der Waals surface area contributed by atoms with E-state index in [1.165, 1.54) is 6.08 Å². The van der Waals surface area contributed by atoms with Gasteiger partial charge in [0.05, 0.1) is 13.7 Å². The number of pyridine rings is 1. The van der Waals surface area contributed by atoms with E-state index in [-0.39, 0.29) is 5.91 Å². The Hall–Kier alpha value is -2.86. The third-order valence-corrected chi connectivity index (χ3v) is 4.69. The van der Waals surface area contributed by atoms with Crippen LogP contribution in [0.2, 0.25) is 0 Å². The molecule has 1 aromatic carbocycles. The van der Waals surface area contributed by atoms with Gasteiger partial charge in [-0.25, -0.2) is 0 Å². The van der Waals surface area contributed by atoms with Crippen LogP contribution in [0, 0.1) is 0 Å². The highest BCUT2D eigenvalue weighted by atomic mass is 16.5. The van der Waals surface area contributed by atoms with Crippen molar-refractivity contribution in [1.29, 1.82) is 0 Å². The molecule has 6 heteroatoms. The Labute approximate surface area is 179 Å². The molecule has 0 radical (unpaired) electrons. The zero-order chi connectivity index (χ0) is 21.9. The lowest BCUT2D eigenvalue weighted by Crippen LogP contribution is -2.38. The van der Waals surface area contributed by atoms with Crippen LogP contribution in [0.4, 0.5) is 5.69 Å². The molecule has 0 aliphatic rings. The first-order valence-corrected chi connectivity index (χ1v) is 10.4. The second-order valence-electron chi connectivity index (χ2n) is 7.60. The number of hydrogen-bond acceptors (Lipinski definition) is 5. The molecule has 0 fully saturated rings. The Balaban J connectivity index is 1.94. The number of amides is 1. The third kappa shape index (κ3) is 7.52. The lowest BCUT2D eigenvalue weighted by Gasteiger charge is -2.30. The van der Waals surface area contributed by atoms with E-state index in [9.17, 15) is 4.79 Å². The highest BCUT2D eigenvalue weighted by molar-refractivity contribution is 6.02. The minimum atomic E-state index is -0.223. The fourth-order valence-electron chi connectivity index (χ4n) is 3.24. The maximum atomic E-state index is 12.2. The highest BCUT2D eigenvalue weighted by Gasteiger charge is 2.13. The molecule has 1 N–H and O–H groups in total. The Morgan fingerprint density at radius 2 is 1.93 bits per heavy atom. The predicted octanol–water partition coefficient (Wildman–Crippen LogP) is 4.63. The van der Waals surface area contributed by atoms with Crippen LogP contribution in [-0.2, 0) is 4.79 Å². The van der Waals surface area contributed by atoms with Crippen LogP contribution in [0.3, 0.4) is 0 Å². The van der Waals surface area contributed by atoms with Crippen molar-refractivity contribution in [2.75, 3.05) is 25.6 Å². The molecular weight excluding hydrogens is 378 g/mol. The summed E-state index contributed by atoms with van der Waals surface area (Å²) in [5.74, 6) is 1.04. The average Bonchev–Trinajstić information content (AvgIpc) is 2.72. The van der Waals surface area contributed by atoms with E-state index in [2.05, 4.69) is 42.9 Å². The van der Waals surface area contributed by atoms with Crippen molar-refractivity contribution >= 4 is 17.7 Å². The van der Waals surface area contributed by atoms with Gasteiger partial charge in [0.15, 0.2) is 11.5 Å². The van der Waals surface area contributed by atoms with E-state index < -0.39 is 0 Å². The maximum absolute atomic E-state index is 12.2. The van der Waals surface area contributed by atoms with E-state index in [4.69, 9.17) is 9.47 Å². The molecule has 6 nitrogen and oxygen atoms in total. The maximum Gasteiger partial charge on any atom is 0.248 e. The van der Waals surface area contributed by atoms with E-state index in [0.29, 0.717) is 35.9 Å². The van der Waals surface area contributed by atoms with Gasteiger partial charge in [-0.05, 0) is 64.0 Å². The number of ether oxygens (including phenoxy) is 2. The first kappa shape index (κ1) is 23.4. The number of anilines is 1. The lowest BCUT2D eigenvalue weighted by molar-refractivity contribution is -0.111. The monoisotopic (exact) mass is 411 g/mol. The van der Waals surface area contributed by atoms with Crippen LogP contribution < -0.4 is 14.8 Å². The van der Waals surface area contributed by atoms with Gasteiger partial charge >= 0.3 is 0 Å². The summed E-state index contributed by atoms with van der Waals surface area (Å²) in [5, 5.41) is 2.85. The summed E-state index contributed by atoms with van der Waals surface area (Å²) in [6.45, 7) is 10.4. The van der Waals surface area contributed by atoms with E-state index in [1.54, 1.807) is 43.8 Å². The van der Waals surface area contributed by atoms with Gasteiger partial charge in [-0.2, -0.15) is 0 Å². The van der Waals surface area contributed by atoms with Gasteiger partial charge in [-0.3, -0.25) is 14.7 Å². The number of rotatable bonds is 11. The minimum Gasteiger partial charge on any atom is -0.493 e. The molecule has 0 aliphatic carbocycles. The van der Waals surface area contributed by atoms with Gasteiger partial charge in [0.25, 0.3) is 0 Å². The van der Waals surface area contributed by atoms with Gasteiger partial charge in [0, 0.05) is 48.9 Å². The van der Waals surface area contributed by atoms with Crippen LogP contribution in [0.5, 0.6) is 11.5 Å². The van der Waals surface area contributed by atoms with Crippen molar-refractivity contribution in [3.05, 3.63) is 54.4 Å². The molecule has 0 spiro atoms. The second kappa shape index (κ2) is 12.0. The molecule has 162 valence electrons. The van der Waals surface area contributed by atoms with Gasteiger partial charge in [0.1, 0.15) is 0 Å². The summed E-state index contributed by atoms with van der Waals surface area (Å²) in [7, 11) is 1.61. The van der Waals surface area contributed by atoms with Crippen molar-refractivity contribution in [2.24, 2.45) is 0 Å². The van der Waals surface area contributed by atoms with E-state index in [1.807, 2.05) is 12.1 Å². The van der Waals surface area contributed by atoms with Crippen molar-refractivity contribution in [1.82, 2.24) is 9.88 Å². The summed E-state index contributed by atoms with van der Waals surface area (Å²) in [6.07, 6.45) is 7.50. The van der Waals surface area contributed by atoms with Crippen LogP contribution in [0.15, 0.2) is 48.8 Å². The van der Waals surface area contributed by atoms with Crippen molar-refractivity contribution < 1.29 is 14.3 Å². The molecule has 0 atom stereocenters. The molecule has 2 rings (SSSR count). The number of methoxy groups -OCH3 is 1. The average molecular weight is 412 g/mol. The third-order valence-electron chi connectivity index (χ3n) is 4.69. The molecule has 0 saturated heterocycles.